The van der Waals surface area contributed by atoms with Crippen molar-refractivity contribution < 1.29 is 18.1 Å². The smallest absolute Gasteiger partial charge is 0.296 e. The summed E-state index contributed by atoms with van der Waals surface area (Å²) in [6.45, 7) is -0.442. The zero-order valence-electron chi connectivity index (χ0n) is 5.48. The topological polar surface area (TPSA) is 90.4 Å². The van der Waals surface area contributed by atoms with Crippen LogP contribution in [0.5, 0.6) is 0 Å². The molecule has 62 valence electrons. The number of aromatic amines is 1. The first kappa shape index (κ1) is 8.25. The molecule has 1 aromatic rings. The van der Waals surface area contributed by atoms with Crippen LogP contribution in [0.4, 0.5) is 0 Å². The lowest BCUT2D eigenvalue weighted by molar-refractivity contribution is 0.273. The van der Waals surface area contributed by atoms with E-state index >= 15 is 0 Å². The second kappa shape index (κ2) is 2.65. The van der Waals surface area contributed by atoms with Crippen LogP contribution in [0.1, 0.15) is 5.69 Å². The molecule has 3 N–H and O–H groups in total. The van der Waals surface area contributed by atoms with Crippen molar-refractivity contribution in [1.82, 2.24) is 4.98 Å². The average molecular weight is 177 g/mol. The van der Waals surface area contributed by atoms with E-state index in [0.717, 1.165) is 0 Å². The van der Waals surface area contributed by atoms with Crippen LogP contribution in [0.3, 0.4) is 0 Å². The fourth-order valence-corrected chi connectivity index (χ4v) is 1.43. The van der Waals surface area contributed by atoms with Gasteiger partial charge in [-0.3, -0.25) is 4.55 Å². The van der Waals surface area contributed by atoms with Crippen LogP contribution in [0.15, 0.2) is 17.2 Å². The van der Waals surface area contributed by atoms with Crippen LogP contribution in [0, 0.1) is 0 Å². The minimum absolute atomic E-state index is 0.0903. The van der Waals surface area contributed by atoms with Gasteiger partial charge in [0.15, 0.2) is 0 Å². The first-order chi connectivity index (χ1) is 5.05. The third-order valence-electron chi connectivity index (χ3n) is 1.23. The van der Waals surface area contributed by atoms with Gasteiger partial charge in [-0.15, -0.1) is 0 Å². The number of aliphatic hydroxyl groups excluding tert-OH is 1. The highest BCUT2D eigenvalue weighted by Gasteiger charge is 2.14. The van der Waals surface area contributed by atoms with Crippen molar-refractivity contribution in [2.24, 2.45) is 0 Å². The van der Waals surface area contributed by atoms with Crippen molar-refractivity contribution in [3.63, 3.8) is 0 Å². The molecule has 11 heavy (non-hydrogen) atoms. The highest BCUT2D eigenvalue weighted by atomic mass is 32.2. The SMILES string of the molecule is O=S(=O)(O)c1cc[nH]c1CO. The van der Waals surface area contributed by atoms with Gasteiger partial charge in [-0.2, -0.15) is 8.42 Å². The maximum Gasteiger partial charge on any atom is 0.296 e. The molecular weight excluding hydrogens is 170 g/mol. The highest BCUT2D eigenvalue weighted by molar-refractivity contribution is 7.85. The normalized spacial score (nSPS) is 11.8. The highest BCUT2D eigenvalue weighted by Crippen LogP contribution is 2.12. The molecule has 5 nitrogen and oxygen atoms in total. The summed E-state index contributed by atoms with van der Waals surface area (Å²) in [6.07, 6.45) is 1.33. The molecule has 0 amide bonds. The van der Waals surface area contributed by atoms with Crippen LogP contribution in [0.2, 0.25) is 0 Å². The zero-order chi connectivity index (χ0) is 8.48. The van der Waals surface area contributed by atoms with Crippen molar-refractivity contribution in [3.05, 3.63) is 18.0 Å². The molecule has 0 bridgehead atoms. The Morgan fingerprint density at radius 2 is 2.18 bits per heavy atom. The molecule has 0 aromatic carbocycles. The van der Waals surface area contributed by atoms with Gasteiger partial charge >= 0.3 is 0 Å². The lowest BCUT2D eigenvalue weighted by Gasteiger charge is -1.94. The van der Waals surface area contributed by atoms with E-state index in [4.69, 9.17) is 9.66 Å². The van der Waals surface area contributed by atoms with E-state index in [9.17, 15) is 8.42 Å². The third kappa shape index (κ3) is 1.59. The number of rotatable bonds is 2. The minimum Gasteiger partial charge on any atom is -0.390 e. The lowest BCUT2D eigenvalue weighted by Crippen LogP contribution is -2.00. The summed E-state index contributed by atoms with van der Waals surface area (Å²) >= 11 is 0. The van der Waals surface area contributed by atoms with E-state index in [0.29, 0.717) is 0 Å². The fourth-order valence-electron chi connectivity index (χ4n) is 0.755. The minimum atomic E-state index is -4.19. The van der Waals surface area contributed by atoms with Crippen molar-refractivity contribution in [2.45, 2.75) is 11.5 Å². The molecule has 6 heteroatoms. The Morgan fingerprint density at radius 3 is 2.55 bits per heavy atom. The zero-order valence-corrected chi connectivity index (χ0v) is 6.30. The van der Waals surface area contributed by atoms with Crippen molar-refractivity contribution >= 4 is 10.1 Å². The molecule has 0 atom stereocenters. The van der Waals surface area contributed by atoms with Gasteiger partial charge in [-0.1, -0.05) is 0 Å². The molecule has 0 fully saturated rings. The van der Waals surface area contributed by atoms with Crippen molar-refractivity contribution in [2.75, 3.05) is 0 Å². The molecule has 0 saturated carbocycles. The summed E-state index contributed by atoms with van der Waals surface area (Å²) in [4.78, 5) is 2.20. The quantitative estimate of drug-likeness (QED) is 0.543. The van der Waals surface area contributed by atoms with Crippen molar-refractivity contribution in [3.8, 4) is 0 Å². The maximum atomic E-state index is 10.5. The molecule has 0 aliphatic carbocycles. The van der Waals surface area contributed by atoms with Gasteiger partial charge < -0.3 is 10.1 Å². The molecule has 0 unspecified atom stereocenters. The van der Waals surface area contributed by atoms with Gasteiger partial charge in [0, 0.05) is 6.20 Å². The maximum absolute atomic E-state index is 10.5. The monoisotopic (exact) mass is 177 g/mol. The summed E-state index contributed by atoms with van der Waals surface area (Å²) in [7, 11) is -4.19. The number of nitrogens with one attached hydrogen (secondary N) is 1. The number of aliphatic hydroxyl groups is 1. The van der Waals surface area contributed by atoms with Gasteiger partial charge in [-0.25, -0.2) is 0 Å². The number of H-pyrrole nitrogens is 1. The number of hydrogen-bond donors (Lipinski definition) is 3. The molecule has 0 saturated heterocycles. The van der Waals surface area contributed by atoms with Crippen LogP contribution in [-0.4, -0.2) is 23.1 Å². The predicted octanol–water partition coefficient (Wildman–Crippen LogP) is -0.246. The molecule has 0 spiro atoms. The average Bonchev–Trinajstić information content (AvgIpc) is 2.31. The molecule has 0 aliphatic heterocycles. The second-order valence-corrected chi connectivity index (χ2v) is 3.34. The van der Waals surface area contributed by atoms with E-state index in [1.807, 2.05) is 0 Å². The molecule has 1 heterocycles. The van der Waals surface area contributed by atoms with Gasteiger partial charge in [0.25, 0.3) is 10.1 Å². The number of aromatic nitrogens is 1. The Hall–Kier alpha value is -0.850. The van der Waals surface area contributed by atoms with Crippen LogP contribution in [0.25, 0.3) is 0 Å². The van der Waals surface area contributed by atoms with Gasteiger partial charge in [0.2, 0.25) is 0 Å². The predicted molar refractivity (Wildman–Crippen MR) is 36.5 cm³/mol. The molecule has 1 aromatic heterocycles. The summed E-state index contributed by atoms with van der Waals surface area (Å²) in [5.41, 5.74) is 0.0903. The molecular formula is C5H7NO4S. The Labute approximate surface area is 63.4 Å². The Morgan fingerprint density at radius 1 is 1.55 bits per heavy atom. The van der Waals surface area contributed by atoms with E-state index < -0.39 is 16.7 Å². The van der Waals surface area contributed by atoms with Crippen LogP contribution < -0.4 is 0 Å². The first-order valence-electron chi connectivity index (χ1n) is 2.80. The van der Waals surface area contributed by atoms with Crippen LogP contribution in [-0.2, 0) is 16.7 Å². The molecule has 0 aliphatic rings. The Kier molecular flexibility index (Phi) is 1.99. The van der Waals surface area contributed by atoms with Crippen LogP contribution >= 0.6 is 0 Å². The van der Waals surface area contributed by atoms with E-state index in [1.54, 1.807) is 0 Å². The first-order valence-corrected chi connectivity index (χ1v) is 4.24. The molecule has 1 rings (SSSR count). The fraction of sp³-hybridized carbons (Fsp3) is 0.200. The van der Waals surface area contributed by atoms with E-state index in [2.05, 4.69) is 4.98 Å². The van der Waals surface area contributed by atoms with Gasteiger partial charge in [0.1, 0.15) is 4.90 Å². The summed E-state index contributed by atoms with van der Waals surface area (Å²) in [5.74, 6) is 0. The Bertz CT molecular complexity index is 339. The van der Waals surface area contributed by atoms with Gasteiger partial charge in [-0.05, 0) is 6.07 Å². The third-order valence-corrected chi connectivity index (χ3v) is 2.16. The second-order valence-electron chi connectivity index (χ2n) is 1.95. The lowest BCUT2D eigenvalue weighted by atomic mass is 10.5. The van der Waals surface area contributed by atoms with Gasteiger partial charge in [0.05, 0.1) is 12.3 Å². The largest absolute Gasteiger partial charge is 0.390 e. The number of hydrogen-bond acceptors (Lipinski definition) is 3. The summed E-state index contributed by atoms with van der Waals surface area (Å²) in [6, 6.07) is 1.18. The molecule has 0 radical (unpaired) electrons. The van der Waals surface area contributed by atoms with Crippen molar-refractivity contribution in [1.29, 1.82) is 0 Å². The Balaban J connectivity index is 3.24. The standard InChI is InChI=1S/C5H7NO4S/c7-3-4-5(1-2-6-4)11(8,9)10/h1-2,6-7H,3H2,(H,8,9,10). The summed E-state index contributed by atoms with van der Waals surface area (Å²) < 4.78 is 29.5. The van der Waals surface area contributed by atoms with E-state index in [1.165, 1.54) is 12.3 Å². The van der Waals surface area contributed by atoms with E-state index in [-0.39, 0.29) is 10.6 Å². The summed E-state index contributed by atoms with van der Waals surface area (Å²) in [5, 5.41) is 8.56.